The van der Waals surface area contributed by atoms with Crippen LogP contribution in [0.25, 0.3) is 0 Å². The quantitative estimate of drug-likeness (QED) is 0.216. The molecule has 1 amide bonds. The molecule has 0 aliphatic carbocycles. The fourth-order valence-corrected chi connectivity index (χ4v) is 3.79. The molecule has 2 aromatic carbocycles. The maximum atomic E-state index is 13.1. The summed E-state index contributed by atoms with van der Waals surface area (Å²) in [6.07, 6.45) is 0.811. The largest absolute Gasteiger partial charge is 0.481 e. The topological polar surface area (TPSA) is 136 Å². The van der Waals surface area contributed by atoms with E-state index in [-0.39, 0.29) is 30.2 Å². The second-order valence-electron chi connectivity index (χ2n) is 9.26. The van der Waals surface area contributed by atoms with Crippen LogP contribution >= 0.6 is 0 Å². The van der Waals surface area contributed by atoms with Crippen LogP contribution in [0.5, 0.6) is 0 Å². The molecule has 0 saturated carbocycles. The number of carbonyl (C=O) groups excluding carboxylic acids is 2. The third kappa shape index (κ3) is 12.4. The highest BCUT2D eigenvalue weighted by molar-refractivity contribution is 6.12. The van der Waals surface area contributed by atoms with Gasteiger partial charge in [-0.2, -0.15) is 0 Å². The van der Waals surface area contributed by atoms with Crippen molar-refractivity contribution in [3.05, 3.63) is 76.0 Å². The van der Waals surface area contributed by atoms with Crippen LogP contribution in [0.3, 0.4) is 0 Å². The number of carboxylic acids is 2. The molecule has 0 atom stereocenters. The maximum Gasteiger partial charge on any atom is 0.303 e. The lowest BCUT2D eigenvalue weighted by atomic mass is 10.0. The molecule has 0 spiro atoms. The molecule has 2 aromatic rings. The van der Waals surface area contributed by atoms with Crippen LogP contribution in [-0.2, 0) is 14.4 Å². The summed E-state index contributed by atoms with van der Waals surface area (Å²) in [5.41, 5.74) is 5.85. The number of nitrogens with zero attached hydrogens (tertiary/aromatic N) is 1. The highest BCUT2D eigenvalue weighted by atomic mass is 16.4. The van der Waals surface area contributed by atoms with E-state index in [1.807, 2.05) is 52.0 Å². The number of aliphatic carboxylic acids is 2. The third-order valence-electron chi connectivity index (χ3n) is 5.96. The van der Waals surface area contributed by atoms with Crippen LogP contribution in [0.1, 0.15) is 59.3 Å². The van der Waals surface area contributed by atoms with E-state index in [0.29, 0.717) is 12.1 Å². The van der Waals surface area contributed by atoms with Gasteiger partial charge in [0.05, 0.1) is 12.8 Å². The molecule has 0 heterocycles. The first-order valence-corrected chi connectivity index (χ1v) is 13.0. The summed E-state index contributed by atoms with van der Waals surface area (Å²) in [4.78, 5) is 47.5. The normalized spacial score (nSPS) is 10.9. The summed E-state index contributed by atoms with van der Waals surface area (Å²) in [5, 5.41) is 22.0. The minimum Gasteiger partial charge on any atom is -0.481 e. The second-order valence-corrected chi connectivity index (χ2v) is 9.26. The Labute approximate surface area is 230 Å². The van der Waals surface area contributed by atoms with Gasteiger partial charge in [0.25, 0.3) is 5.91 Å². The minimum absolute atomic E-state index is 0.196. The Morgan fingerprint density at radius 2 is 1.33 bits per heavy atom. The summed E-state index contributed by atoms with van der Waals surface area (Å²) in [5.74, 6) is -2.66. The van der Waals surface area contributed by atoms with E-state index in [9.17, 15) is 19.2 Å². The van der Waals surface area contributed by atoms with Crippen LogP contribution in [0, 0.1) is 27.7 Å². The fourth-order valence-electron chi connectivity index (χ4n) is 3.79. The number of carboxylic acid groups (broad SMARTS) is 2. The number of carbonyl (C=O) groups is 4. The van der Waals surface area contributed by atoms with Crippen molar-refractivity contribution < 1.29 is 29.4 Å². The minimum atomic E-state index is -1.08. The van der Waals surface area contributed by atoms with Crippen LogP contribution in [0.2, 0.25) is 0 Å². The van der Waals surface area contributed by atoms with Crippen molar-refractivity contribution in [3.8, 4) is 0 Å². The van der Waals surface area contributed by atoms with Gasteiger partial charge in [-0.3, -0.25) is 19.2 Å². The third-order valence-corrected chi connectivity index (χ3v) is 5.96. The zero-order chi connectivity index (χ0) is 29.5. The maximum absolute atomic E-state index is 13.1. The highest BCUT2D eigenvalue weighted by Crippen LogP contribution is 2.22. The van der Waals surface area contributed by atoms with E-state index < -0.39 is 11.9 Å². The Kier molecular flexibility index (Phi) is 14.2. The van der Waals surface area contributed by atoms with Crippen LogP contribution in [-0.4, -0.2) is 64.9 Å². The monoisotopic (exact) mass is 539 g/mol. The van der Waals surface area contributed by atoms with Gasteiger partial charge >= 0.3 is 11.9 Å². The number of amides is 1. The number of hydrogen-bond acceptors (Lipinski definition) is 6. The molecule has 0 radical (unpaired) electrons. The van der Waals surface area contributed by atoms with Crippen molar-refractivity contribution in [2.75, 3.05) is 31.5 Å². The van der Waals surface area contributed by atoms with Crippen molar-refractivity contribution in [2.24, 2.45) is 0 Å². The molecule has 0 saturated heterocycles. The number of allylic oxidation sites excluding steroid dienone is 1. The van der Waals surface area contributed by atoms with Crippen molar-refractivity contribution >= 4 is 29.3 Å². The van der Waals surface area contributed by atoms with E-state index in [0.717, 1.165) is 47.6 Å². The van der Waals surface area contributed by atoms with Gasteiger partial charge in [-0.25, -0.2) is 0 Å². The predicted molar refractivity (Wildman–Crippen MR) is 153 cm³/mol. The van der Waals surface area contributed by atoms with Crippen molar-refractivity contribution in [1.29, 1.82) is 0 Å². The average molecular weight is 540 g/mol. The first kappa shape index (κ1) is 33.0. The van der Waals surface area contributed by atoms with Gasteiger partial charge in [-0.1, -0.05) is 61.4 Å². The van der Waals surface area contributed by atoms with E-state index in [1.54, 1.807) is 12.1 Å². The number of aryl methyl sites for hydroxylation is 4. The SMILES string of the molecule is CCN(CC)CCN/C(=C\C(=O)c1ccc(C)cc1)C(=O)Nc1c(C)cc(C)cc1C.O=C(O)CCC(=O)O. The molecular weight excluding hydrogens is 498 g/mol. The van der Waals surface area contributed by atoms with E-state index >= 15 is 0 Å². The van der Waals surface area contributed by atoms with Crippen LogP contribution in [0.15, 0.2) is 48.2 Å². The van der Waals surface area contributed by atoms with Gasteiger partial charge in [-0.15, -0.1) is 0 Å². The number of anilines is 1. The van der Waals surface area contributed by atoms with Gasteiger partial charge in [-0.05, 0) is 51.9 Å². The van der Waals surface area contributed by atoms with E-state index in [2.05, 4.69) is 29.4 Å². The number of likely N-dealkylation sites (N-methyl/N-ethyl adjacent to an activating group) is 1. The van der Waals surface area contributed by atoms with E-state index in [1.165, 1.54) is 6.08 Å². The number of benzene rings is 2. The lowest BCUT2D eigenvalue weighted by molar-refractivity contribution is -0.143. The first-order valence-electron chi connectivity index (χ1n) is 13.0. The Hall–Kier alpha value is -3.98. The molecular formula is C30H41N3O6. The molecule has 9 heteroatoms. The van der Waals surface area contributed by atoms with Gasteiger partial charge in [0, 0.05) is 30.4 Å². The van der Waals surface area contributed by atoms with Gasteiger partial charge in [0.2, 0.25) is 0 Å². The van der Waals surface area contributed by atoms with Crippen molar-refractivity contribution in [2.45, 2.75) is 54.4 Å². The first-order chi connectivity index (χ1) is 18.4. The van der Waals surface area contributed by atoms with Crippen molar-refractivity contribution in [1.82, 2.24) is 10.2 Å². The van der Waals surface area contributed by atoms with Gasteiger partial charge < -0.3 is 25.7 Å². The molecule has 0 unspecified atom stereocenters. The lowest BCUT2D eigenvalue weighted by Gasteiger charge is -2.20. The zero-order valence-electron chi connectivity index (χ0n) is 23.8. The molecule has 212 valence electrons. The highest BCUT2D eigenvalue weighted by Gasteiger charge is 2.16. The second kappa shape index (κ2) is 16.8. The Bertz CT molecular complexity index is 1130. The predicted octanol–water partition coefficient (Wildman–Crippen LogP) is 4.49. The summed E-state index contributed by atoms with van der Waals surface area (Å²) in [6.45, 7) is 15.4. The van der Waals surface area contributed by atoms with E-state index in [4.69, 9.17) is 10.2 Å². The van der Waals surface area contributed by atoms with Gasteiger partial charge in [0.1, 0.15) is 5.70 Å². The van der Waals surface area contributed by atoms with Gasteiger partial charge in [0.15, 0.2) is 5.78 Å². The summed E-state index contributed by atoms with van der Waals surface area (Å²) < 4.78 is 0. The lowest BCUT2D eigenvalue weighted by Crippen LogP contribution is -2.35. The Morgan fingerprint density at radius 3 is 1.79 bits per heavy atom. The molecule has 0 aliphatic rings. The Balaban J connectivity index is 0.000000824. The summed E-state index contributed by atoms with van der Waals surface area (Å²) >= 11 is 0. The Morgan fingerprint density at radius 1 is 0.821 bits per heavy atom. The number of hydrogen-bond donors (Lipinski definition) is 4. The fraction of sp³-hybridized carbons (Fsp3) is 0.400. The number of nitrogens with one attached hydrogen (secondary N) is 2. The van der Waals surface area contributed by atoms with Crippen LogP contribution in [0.4, 0.5) is 5.69 Å². The molecule has 39 heavy (non-hydrogen) atoms. The molecule has 0 aromatic heterocycles. The molecule has 9 nitrogen and oxygen atoms in total. The zero-order valence-corrected chi connectivity index (χ0v) is 23.8. The molecule has 0 bridgehead atoms. The smallest absolute Gasteiger partial charge is 0.303 e. The molecule has 4 N–H and O–H groups in total. The van der Waals surface area contributed by atoms with Crippen LogP contribution < -0.4 is 10.6 Å². The number of rotatable bonds is 13. The molecule has 2 rings (SSSR count). The van der Waals surface area contributed by atoms with Crippen molar-refractivity contribution in [3.63, 3.8) is 0 Å². The number of ketones is 1. The molecule has 0 fully saturated rings. The molecule has 0 aliphatic heterocycles. The summed E-state index contributed by atoms with van der Waals surface area (Å²) in [7, 11) is 0. The standard InChI is InChI=1S/C26H35N3O2.C4H6O4/c1-7-29(8-2)14-13-27-23(17-24(30)22-11-9-18(3)10-12-22)26(31)28-25-20(5)15-19(4)16-21(25)6;5-3(6)1-2-4(7)8/h9-12,15-17,27H,7-8,13-14H2,1-6H3,(H,28,31);1-2H2,(H,5,6)(H,7,8)/b23-17-;. The average Bonchev–Trinajstić information content (AvgIpc) is 2.87. The summed E-state index contributed by atoms with van der Waals surface area (Å²) in [6, 6.07) is 11.4.